The lowest BCUT2D eigenvalue weighted by atomic mass is 9.90. The largest absolute Gasteiger partial charge is 0.486 e. The van der Waals surface area contributed by atoms with E-state index in [9.17, 15) is 9.59 Å². The zero-order valence-electron chi connectivity index (χ0n) is 20.4. The minimum Gasteiger partial charge on any atom is -0.486 e. The molecule has 0 saturated heterocycles. The van der Waals surface area contributed by atoms with Crippen LogP contribution in [0.1, 0.15) is 66.5 Å². The van der Waals surface area contributed by atoms with Crippen molar-refractivity contribution in [3.63, 3.8) is 0 Å². The van der Waals surface area contributed by atoms with Crippen LogP contribution >= 0.6 is 22.9 Å². The van der Waals surface area contributed by atoms with E-state index in [4.69, 9.17) is 16.3 Å². The van der Waals surface area contributed by atoms with Crippen LogP contribution < -0.4 is 20.7 Å². The smallest absolute Gasteiger partial charge is 0.319 e. The zero-order chi connectivity index (χ0) is 25.5. The number of carbonyl (C=O) groups excluding carboxylic acids is 2. The molecule has 1 saturated carbocycles. The molecule has 1 aliphatic carbocycles. The highest BCUT2D eigenvalue weighted by atomic mass is 35.5. The van der Waals surface area contributed by atoms with Crippen LogP contribution in [0.3, 0.4) is 0 Å². The van der Waals surface area contributed by atoms with Gasteiger partial charge in [0.25, 0.3) is 5.91 Å². The van der Waals surface area contributed by atoms with Gasteiger partial charge in [-0.3, -0.25) is 4.79 Å². The maximum absolute atomic E-state index is 12.9. The monoisotopic (exact) mass is 526 g/mol. The highest BCUT2D eigenvalue weighted by molar-refractivity contribution is 7.09. The molecule has 0 radical (unpaired) electrons. The summed E-state index contributed by atoms with van der Waals surface area (Å²) in [6.07, 6.45) is 3.57. The number of rotatable bonds is 8. The van der Waals surface area contributed by atoms with Gasteiger partial charge in [-0.15, -0.1) is 11.3 Å². The number of amides is 3. The van der Waals surface area contributed by atoms with Crippen LogP contribution in [0, 0.1) is 0 Å². The Morgan fingerprint density at radius 3 is 2.50 bits per heavy atom. The second kappa shape index (κ2) is 12.2. The molecule has 2 aromatic carbocycles. The number of hydrogen-bond donors (Lipinski definition) is 3. The van der Waals surface area contributed by atoms with Crippen LogP contribution in [0.2, 0.25) is 5.02 Å². The Balaban J connectivity index is 1.30. The fourth-order valence-corrected chi connectivity index (χ4v) is 5.07. The number of nitrogens with one attached hydrogen (secondary N) is 3. The van der Waals surface area contributed by atoms with Gasteiger partial charge < -0.3 is 20.7 Å². The first-order chi connectivity index (χ1) is 17.4. The number of hydrogen-bond acceptors (Lipinski definition) is 5. The number of carbonyl (C=O) groups is 2. The fourth-order valence-electron chi connectivity index (χ4n) is 4.20. The quantitative estimate of drug-likeness (QED) is 0.318. The standard InChI is InChI=1S/C27H31ClN4O3S/c1-17(2)18-10-12-21(13-11-18)35-15-25-30-24(16-36-25)26(33)31-22-8-3-4-9-23(22)32-27(34)29-20-7-5-6-19(28)14-20/h5-7,10-14,16-17,22-23H,3-4,8-9,15H2,1-2H3,(H,31,33)(H2,29,32,34)/t22-,23-/m0/s1. The van der Waals surface area contributed by atoms with Crippen molar-refractivity contribution >= 4 is 40.6 Å². The van der Waals surface area contributed by atoms with Gasteiger partial charge in [-0.1, -0.05) is 56.5 Å². The summed E-state index contributed by atoms with van der Waals surface area (Å²) >= 11 is 7.39. The Morgan fingerprint density at radius 1 is 1.08 bits per heavy atom. The summed E-state index contributed by atoms with van der Waals surface area (Å²) < 4.78 is 5.84. The van der Waals surface area contributed by atoms with Gasteiger partial charge in [0.15, 0.2) is 0 Å². The van der Waals surface area contributed by atoms with Gasteiger partial charge >= 0.3 is 6.03 Å². The molecule has 1 fully saturated rings. The van der Waals surface area contributed by atoms with Gasteiger partial charge in [-0.2, -0.15) is 0 Å². The Bertz CT molecular complexity index is 1180. The number of thiazole rings is 1. The highest BCUT2D eigenvalue weighted by Gasteiger charge is 2.28. The normalized spacial score (nSPS) is 17.4. The predicted molar refractivity (Wildman–Crippen MR) is 144 cm³/mol. The van der Waals surface area contributed by atoms with E-state index < -0.39 is 0 Å². The molecule has 0 aliphatic heterocycles. The van der Waals surface area contributed by atoms with E-state index in [1.807, 2.05) is 12.1 Å². The first kappa shape index (κ1) is 26.0. The molecule has 2 atom stereocenters. The molecule has 7 nitrogen and oxygen atoms in total. The predicted octanol–water partition coefficient (Wildman–Crippen LogP) is 6.36. The molecule has 3 aromatic rings. The molecular weight excluding hydrogens is 496 g/mol. The van der Waals surface area contributed by atoms with E-state index in [0.717, 1.165) is 36.4 Å². The molecule has 3 amide bonds. The van der Waals surface area contributed by atoms with Gasteiger partial charge in [0.1, 0.15) is 23.1 Å². The Morgan fingerprint density at radius 2 is 1.81 bits per heavy atom. The minimum absolute atomic E-state index is 0.169. The zero-order valence-corrected chi connectivity index (χ0v) is 22.0. The van der Waals surface area contributed by atoms with E-state index in [1.165, 1.54) is 16.9 Å². The number of ether oxygens (including phenoxy) is 1. The van der Waals surface area contributed by atoms with Gasteiger partial charge in [0, 0.05) is 22.1 Å². The second-order valence-corrected chi connectivity index (χ2v) is 10.6. The van der Waals surface area contributed by atoms with E-state index in [0.29, 0.717) is 28.9 Å². The van der Waals surface area contributed by atoms with Crippen molar-refractivity contribution in [1.82, 2.24) is 15.6 Å². The second-order valence-electron chi connectivity index (χ2n) is 9.22. The van der Waals surface area contributed by atoms with Crippen molar-refractivity contribution in [3.8, 4) is 5.75 Å². The lowest BCUT2D eigenvalue weighted by molar-refractivity contribution is 0.0911. The average molecular weight is 527 g/mol. The van der Waals surface area contributed by atoms with Crippen molar-refractivity contribution in [2.75, 3.05) is 5.32 Å². The van der Waals surface area contributed by atoms with Crippen LogP contribution in [0.15, 0.2) is 53.9 Å². The number of anilines is 1. The topological polar surface area (TPSA) is 92.3 Å². The Kier molecular flexibility index (Phi) is 8.83. The third-order valence-corrected chi connectivity index (χ3v) is 7.23. The third-order valence-electron chi connectivity index (χ3n) is 6.17. The molecule has 1 heterocycles. The molecule has 36 heavy (non-hydrogen) atoms. The van der Waals surface area contributed by atoms with Crippen LogP contribution in [0.5, 0.6) is 5.75 Å². The summed E-state index contributed by atoms with van der Waals surface area (Å²) in [7, 11) is 0. The van der Waals surface area contributed by atoms with Crippen molar-refractivity contribution in [3.05, 3.63) is 75.2 Å². The first-order valence-electron chi connectivity index (χ1n) is 12.2. The van der Waals surface area contributed by atoms with Crippen LogP contribution in [-0.2, 0) is 6.61 Å². The molecule has 190 valence electrons. The van der Waals surface area contributed by atoms with Crippen molar-refractivity contribution < 1.29 is 14.3 Å². The molecule has 0 bridgehead atoms. The maximum atomic E-state index is 12.9. The summed E-state index contributed by atoms with van der Waals surface area (Å²) in [4.78, 5) is 29.9. The molecular formula is C27H31ClN4O3S. The minimum atomic E-state index is -0.321. The Labute approximate surface area is 220 Å². The molecule has 0 unspecified atom stereocenters. The SMILES string of the molecule is CC(C)c1ccc(OCc2nc(C(=O)N[C@H]3CCCC[C@@H]3NC(=O)Nc3cccc(Cl)c3)cs2)cc1. The van der Waals surface area contributed by atoms with E-state index >= 15 is 0 Å². The lowest BCUT2D eigenvalue weighted by Gasteiger charge is -2.32. The maximum Gasteiger partial charge on any atom is 0.319 e. The first-order valence-corrected chi connectivity index (χ1v) is 13.4. The highest BCUT2D eigenvalue weighted by Crippen LogP contribution is 2.22. The number of nitrogens with zero attached hydrogens (tertiary/aromatic N) is 1. The van der Waals surface area contributed by atoms with E-state index in [2.05, 4.69) is 46.9 Å². The third kappa shape index (κ3) is 7.21. The van der Waals surface area contributed by atoms with Gasteiger partial charge in [-0.25, -0.2) is 9.78 Å². The van der Waals surface area contributed by atoms with Gasteiger partial charge in [-0.05, 0) is 54.7 Å². The molecule has 0 spiro atoms. The molecule has 3 N–H and O–H groups in total. The van der Waals surface area contributed by atoms with Gasteiger partial charge in [0.2, 0.25) is 0 Å². The number of aromatic nitrogens is 1. The van der Waals surface area contributed by atoms with Crippen LogP contribution in [-0.4, -0.2) is 29.0 Å². The van der Waals surface area contributed by atoms with Crippen molar-refractivity contribution in [2.45, 2.75) is 64.1 Å². The average Bonchev–Trinajstić information content (AvgIpc) is 3.33. The van der Waals surface area contributed by atoms with Crippen molar-refractivity contribution in [1.29, 1.82) is 0 Å². The molecule has 1 aromatic heterocycles. The van der Waals surface area contributed by atoms with E-state index in [1.54, 1.807) is 29.6 Å². The summed E-state index contributed by atoms with van der Waals surface area (Å²) in [5.74, 6) is 0.996. The summed E-state index contributed by atoms with van der Waals surface area (Å²) in [6.45, 7) is 4.61. The Hall–Kier alpha value is -3.10. The summed E-state index contributed by atoms with van der Waals surface area (Å²) in [6, 6.07) is 14.3. The molecule has 9 heteroatoms. The summed E-state index contributed by atoms with van der Waals surface area (Å²) in [5.41, 5.74) is 2.24. The number of benzene rings is 2. The summed E-state index contributed by atoms with van der Waals surface area (Å²) in [5, 5.41) is 11.9. The van der Waals surface area contributed by atoms with Gasteiger partial charge in [0.05, 0.1) is 6.04 Å². The lowest BCUT2D eigenvalue weighted by Crippen LogP contribution is -2.54. The van der Waals surface area contributed by atoms with E-state index in [-0.39, 0.29) is 24.0 Å². The molecule has 4 rings (SSSR count). The van der Waals surface area contributed by atoms with Crippen molar-refractivity contribution in [2.24, 2.45) is 0 Å². The fraction of sp³-hybridized carbons (Fsp3) is 0.370. The molecule has 1 aliphatic rings. The van der Waals surface area contributed by atoms with Crippen LogP contribution in [0.25, 0.3) is 0 Å². The number of halogens is 1. The van der Waals surface area contributed by atoms with Crippen LogP contribution in [0.4, 0.5) is 10.5 Å². The number of urea groups is 1.